The monoisotopic (exact) mass is 264 g/mol. The van der Waals surface area contributed by atoms with Crippen LogP contribution in [0.3, 0.4) is 0 Å². The van der Waals surface area contributed by atoms with Crippen LogP contribution in [0.2, 0.25) is 0 Å². The molecule has 0 atom stereocenters. The quantitative estimate of drug-likeness (QED) is 0.732. The number of nitrogens with zero attached hydrogens (tertiary/aromatic N) is 1. The van der Waals surface area contributed by atoms with Crippen molar-refractivity contribution in [2.24, 2.45) is 0 Å². The van der Waals surface area contributed by atoms with Gasteiger partial charge in [-0.25, -0.2) is 0 Å². The van der Waals surface area contributed by atoms with Crippen molar-refractivity contribution in [2.45, 2.75) is 32.4 Å². The number of rotatable bonds is 8. The second-order valence-electron chi connectivity index (χ2n) is 4.99. The number of ether oxygens (including phenoxy) is 2. The maximum atomic E-state index is 5.89. The fourth-order valence-electron chi connectivity index (χ4n) is 2.28. The number of anilines is 1. The molecule has 0 radical (unpaired) electrons. The molecule has 1 aromatic rings. The third-order valence-electron chi connectivity index (χ3n) is 3.40. The average Bonchev–Trinajstić information content (AvgIpc) is 3.22. The van der Waals surface area contributed by atoms with E-state index in [2.05, 4.69) is 4.90 Å². The lowest BCUT2D eigenvalue weighted by molar-refractivity contribution is 0.139. The Kier molecular flexibility index (Phi) is 5.05. The minimum Gasteiger partial charge on any atom is -0.494 e. The SMILES string of the molecule is CCOc1ccc(N)cc1CN(CCOC)C1CC1. The molecule has 0 unspecified atom stereocenters. The van der Waals surface area contributed by atoms with E-state index in [1.807, 2.05) is 25.1 Å². The minimum atomic E-state index is 0.679. The Balaban J connectivity index is 2.07. The molecule has 1 aromatic carbocycles. The van der Waals surface area contributed by atoms with Crippen LogP contribution in [0.5, 0.6) is 5.75 Å². The number of benzene rings is 1. The number of nitrogens with two attached hydrogens (primary N) is 1. The van der Waals surface area contributed by atoms with Gasteiger partial charge in [0.15, 0.2) is 0 Å². The summed E-state index contributed by atoms with van der Waals surface area (Å²) in [6, 6.07) is 6.58. The summed E-state index contributed by atoms with van der Waals surface area (Å²) in [6.07, 6.45) is 2.58. The predicted octanol–water partition coefficient (Wildman–Crippen LogP) is 2.28. The molecule has 0 amide bonds. The molecule has 0 saturated heterocycles. The van der Waals surface area contributed by atoms with Gasteiger partial charge in [-0.3, -0.25) is 4.90 Å². The molecule has 19 heavy (non-hydrogen) atoms. The second kappa shape index (κ2) is 6.78. The molecule has 2 rings (SSSR count). The summed E-state index contributed by atoms with van der Waals surface area (Å²) in [4.78, 5) is 2.46. The molecular formula is C15H24N2O2. The van der Waals surface area contributed by atoms with Crippen molar-refractivity contribution in [3.05, 3.63) is 23.8 Å². The third-order valence-corrected chi connectivity index (χ3v) is 3.40. The van der Waals surface area contributed by atoms with Crippen LogP contribution in [0.1, 0.15) is 25.3 Å². The van der Waals surface area contributed by atoms with E-state index in [9.17, 15) is 0 Å². The van der Waals surface area contributed by atoms with E-state index < -0.39 is 0 Å². The van der Waals surface area contributed by atoms with Crippen LogP contribution < -0.4 is 10.5 Å². The van der Waals surface area contributed by atoms with Crippen molar-refractivity contribution in [3.8, 4) is 5.75 Å². The van der Waals surface area contributed by atoms with Crippen LogP contribution in [0.15, 0.2) is 18.2 Å². The van der Waals surface area contributed by atoms with Crippen molar-refractivity contribution in [1.82, 2.24) is 4.90 Å². The van der Waals surface area contributed by atoms with Crippen LogP contribution in [-0.4, -0.2) is 37.8 Å². The molecule has 1 aliphatic rings. The Morgan fingerprint density at radius 1 is 1.37 bits per heavy atom. The lowest BCUT2D eigenvalue weighted by Crippen LogP contribution is -2.29. The zero-order valence-corrected chi connectivity index (χ0v) is 11.9. The fraction of sp³-hybridized carbons (Fsp3) is 0.600. The number of methoxy groups -OCH3 is 1. The smallest absolute Gasteiger partial charge is 0.123 e. The molecule has 0 aromatic heterocycles. The summed E-state index contributed by atoms with van der Waals surface area (Å²) in [7, 11) is 1.75. The van der Waals surface area contributed by atoms with Crippen molar-refractivity contribution in [1.29, 1.82) is 0 Å². The maximum absolute atomic E-state index is 5.89. The highest BCUT2D eigenvalue weighted by atomic mass is 16.5. The van der Waals surface area contributed by atoms with E-state index in [4.69, 9.17) is 15.2 Å². The molecule has 4 heteroatoms. The second-order valence-corrected chi connectivity index (χ2v) is 4.99. The van der Waals surface area contributed by atoms with E-state index in [0.29, 0.717) is 12.6 Å². The maximum Gasteiger partial charge on any atom is 0.123 e. The summed E-state index contributed by atoms with van der Waals surface area (Å²) in [5.41, 5.74) is 7.86. The Bertz CT molecular complexity index is 405. The van der Waals surface area contributed by atoms with Gasteiger partial charge >= 0.3 is 0 Å². The molecule has 0 bridgehead atoms. The van der Waals surface area contributed by atoms with E-state index in [1.165, 1.54) is 18.4 Å². The number of hydrogen-bond donors (Lipinski definition) is 1. The summed E-state index contributed by atoms with van der Waals surface area (Å²) in [6.45, 7) is 5.29. The summed E-state index contributed by atoms with van der Waals surface area (Å²) in [5.74, 6) is 0.944. The molecule has 1 fully saturated rings. The first-order valence-electron chi connectivity index (χ1n) is 6.98. The number of nitrogen functional groups attached to an aromatic ring is 1. The lowest BCUT2D eigenvalue weighted by Gasteiger charge is -2.23. The standard InChI is InChI=1S/C15H24N2O2/c1-3-19-15-7-4-13(16)10-12(15)11-17(8-9-18-2)14-5-6-14/h4,7,10,14H,3,5-6,8-9,11,16H2,1-2H3. The van der Waals surface area contributed by atoms with Gasteiger partial charge in [-0.2, -0.15) is 0 Å². The van der Waals surface area contributed by atoms with Gasteiger partial charge in [0.2, 0.25) is 0 Å². The number of hydrogen-bond acceptors (Lipinski definition) is 4. The summed E-state index contributed by atoms with van der Waals surface area (Å²) >= 11 is 0. The van der Waals surface area contributed by atoms with Gasteiger partial charge in [-0.15, -0.1) is 0 Å². The van der Waals surface area contributed by atoms with Crippen LogP contribution in [0, 0.1) is 0 Å². The molecule has 1 aliphatic carbocycles. The molecule has 2 N–H and O–H groups in total. The largest absolute Gasteiger partial charge is 0.494 e. The Labute approximate surface area is 115 Å². The van der Waals surface area contributed by atoms with E-state index in [1.54, 1.807) is 7.11 Å². The van der Waals surface area contributed by atoms with Crippen LogP contribution in [-0.2, 0) is 11.3 Å². The van der Waals surface area contributed by atoms with Crippen molar-refractivity contribution in [3.63, 3.8) is 0 Å². The zero-order valence-electron chi connectivity index (χ0n) is 11.9. The highest BCUT2D eigenvalue weighted by Gasteiger charge is 2.29. The van der Waals surface area contributed by atoms with Gasteiger partial charge in [0.05, 0.1) is 13.2 Å². The topological polar surface area (TPSA) is 47.7 Å². The molecule has 0 heterocycles. The Morgan fingerprint density at radius 3 is 2.79 bits per heavy atom. The summed E-state index contributed by atoms with van der Waals surface area (Å²) < 4.78 is 10.9. The molecule has 0 aliphatic heterocycles. The first-order valence-corrected chi connectivity index (χ1v) is 6.98. The van der Waals surface area contributed by atoms with Crippen LogP contribution >= 0.6 is 0 Å². The van der Waals surface area contributed by atoms with Gasteiger partial charge in [0.25, 0.3) is 0 Å². The van der Waals surface area contributed by atoms with E-state index in [-0.39, 0.29) is 0 Å². The van der Waals surface area contributed by atoms with Crippen molar-refractivity contribution < 1.29 is 9.47 Å². The molecule has 4 nitrogen and oxygen atoms in total. The highest BCUT2D eigenvalue weighted by molar-refractivity contribution is 5.47. The van der Waals surface area contributed by atoms with E-state index >= 15 is 0 Å². The molecule has 106 valence electrons. The van der Waals surface area contributed by atoms with Crippen LogP contribution in [0.25, 0.3) is 0 Å². The Morgan fingerprint density at radius 2 is 2.16 bits per heavy atom. The minimum absolute atomic E-state index is 0.679. The molecule has 1 saturated carbocycles. The van der Waals surface area contributed by atoms with Crippen molar-refractivity contribution >= 4 is 5.69 Å². The van der Waals surface area contributed by atoms with Crippen LogP contribution in [0.4, 0.5) is 5.69 Å². The fourth-order valence-corrected chi connectivity index (χ4v) is 2.28. The predicted molar refractivity (Wildman–Crippen MR) is 77.3 cm³/mol. The Hall–Kier alpha value is -1.26. The van der Waals surface area contributed by atoms with E-state index in [0.717, 1.165) is 31.1 Å². The molecular weight excluding hydrogens is 240 g/mol. The van der Waals surface area contributed by atoms with Gasteiger partial charge in [0.1, 0.15) is 5.75 Å². The van der Waals surface area contributed by atoms with Gasteiger partial charge in [-0.05, 0) is 38.0 Å². The molecule has 0 spiro atoms. The van der Waals surface area contributed by atoms with Gasteiger partial charge < -0.3 is 15.2 Å². The van der Waals surface area contributed by atoms with Gasteiger partial charge in [-0.1, -0.05) is 0 Å². The van der Waals surface area contributed by atoms with Crippen molar-refractivity contribution in [2.75, 3.05) is 32.6 Å². The first kappa shape index (κ1) is 14.2. The third kappa shape index (κ3) is 4.11. The van der Waals surface area contributed by atoms with Gasteiger partial charge in [0, 0.05) is 37.5 Å². The first-order chi connectivity index (χ1) is 9.24. The lowest BCUT2D eigenvalue weighted by atomic mass is 10.1. The summed E-state index contributed by atoms with van der Waals surface area (Å²) in [5, 5.41) is 0. The normalized spacial score (nSPS) is 14.9. The zero-order chi connectivity index (χ0) is 13.7. The average molecular weight is 264 g/mol. The highest BCUT2D eigenvalue weighted by Crippen LogP contribution is 2.30.